The number of carbonyl (C=O) groups is 2. The van der Waals surface area contributed by atoms with Crippen molar-refractivity contribution in [3.05, 3.63) is 118 Å². The van der Waals surface area contributed by atoms with Crippen molar-refractivity contribution in [1.82, 2.24) is 4.90 Å². The third-order valence-corrected chi connectivity index (χ3v) is 5.85. The lowest BCUT2D eigenvalue weighted by Gasteiger charge is -2.34. The molecule has 174 valence electrons. The van der Waals surface area contributed by atoms with E-state index in [1.807, 2.05) is 30.3 Å². The lowest BCUT2D eigenvalue weighted by Crippen LogP contribution is -2.38. The topological polar surface area (TPSA) is 46.6 Å². The summed E-state index contributed by atoms with van der Waals surface area (Å²) in [6, 6.07) is 18.2. The number of allylic oxidation sites excluding steroid dienone is 1. The van der Waals surface area contributed by atoms with Crippen LogP contribution in [0.5, 0.6) is 0 Å². The predicted molar refractivity (Wildman–Crippen MR) is 120 cm³/mol. The molecule has 3 aromatic rings. The van der Waals surface area contributed by atoms with Crippen LogP contribution in [0, 0.1) is 17.5 Å². The number of benzene rings is 3. The van der Waals surface area contributed by atoms with Gasteiger partial charge in [0.1, 0.15) is 12.4 Å². The first kappa shape index (κ1) is 23.3. The van der Waals surface area contributed by atoms with Crippen LogP contribution in [-0.2, 0) is 27.5 Å². The second kappa shape index (κ2) is 9.95. The van der Waals surface area contributed by atoms with Gasteiger partial charge in [0, 0.05) is 18.0 Å². The van der Waals surface area contributed by atoms with Gasteiger partial charge in [-0.3, -0.25) is 4.79 Å². The van der Waals surface area contributed by atoms with Crippen molar-refractivity contribution in [2.24, 2.45) is 0 Å². The second-order valence-corrected chi connectivity index (χ2v) is 8.10. The summed E-state index contributed by atoms with van der Waals surface area (Å²) < 4.78 is 46.1. The molecule has 1 amide bonds. The fraction of sp³-hybridized carbons (Fsp3) is 0.185. The Bertz CT molecular complexity index is 1240. The molecule has 1 unspecified atom stereocenters. The fourth-order valence-corrected chi connectivity index (χ4v) is 4.07. The Morgan fingerprint density at radius 1 is 0.941 bits per heavy atom. The first-order valence-electron chi connectivity index (χ1n) is 10.7. The Labute approximate surface area is 195 Å². The number of hydrogen-bond donors (Lipinski definition) is 0. The van der Waals surface area contributed by atoms with Crippen LogP contribution in [0.1, 0.15) is 36.0 Å². The monoisotopic (exact) mass is 465 g/mol. The summed E-state index contributed by atoms with van der Waals surface area (Å²) in [5.41, 5.74) is 2.41. The van der Waals surface area contributed by atoms with Crippen molar-refractivity contribution >= 4 is 11.9 Å². The van der Waals surface area contributed by atoms with Gasteiger partial charge < -0.3 is 9.64 Å². The number of esters is 1. The van der Waals surface area contributed by atoms with Gasteiger partial charge in [-0.25, -0.2) is 18.0 Å². The standard InChI is InChI=1S/C27H22F3NO3/c1-17-26(27(33)34-16-18-5-3-2-4-6-18)22(20-8-10-21(28)11-9-20)14-25(32)31(17)15-19-7-12-23(29)24(30)13-19/h2-13,22H,14-16H2,1H3. The molecule has 0 radical (unpaired) electrons. The number of amides is 1. The van der Waals surface area contributed by atoms with E-state index in [0.29, 0.717) is 16.8 Å². The normalized spacial score (nSPS) is 16.1. The maximum absolute atomic E-state index is 13.7. The Kier molecular flexibility index (Phi) is 6.82. The van der Waals surface area contributed by atoms with Crippen LogP contribution in [0.3, 0.4) is 0 Å². The van der Waals surface area contributed by atoms with Crippen LogP contribution in [0.2, 0.25) is 0 Å². The highest BCUT2D eigenvalue weighted by molar-refractivity contribution is 5.95. The quantitative estimate of drug-likeness (QED) is 0.443. The zero-order valence-corrected chi connectivity index (χ0v) is 18.4. The highest BCUT2D eigenvalue weighted by Crippen LogP contribution is 2.38. The maximum atomic E-state index is 13.7. The summed E-state index contributed by atoms with van der Waals surface area (Å²) in [5.74, 6) is -3.95. The van der Waals surface area contributed by atoms with Crippen LogP contribution in [0.4, 0.5) is 13.2 Å². The number of hydrogen-bond acceptors (Lipinski definition) is 3. The molecule has 0 aliphatic carbocycles. The van der Waals surface area contributed by atoms with E-state index < -0.39 is 29.3 Å². The van der Waals surface area contributed by atoms with Crippen LogP contribution >= 0.6 is 0 Å². The third-order valence-electron chi connectivity index (χ3n) is 5.85. The maximum Gasteiger partial charge on any atom is 0.336 e. The molecule has 1 aliphatic heterocycles. The van der Waals surface area contributed by atoms with E-state index in [0.717, 1.165) is 17.7 Å². The molecule has 0 spiro atoms. The molecule has 7 heteroatoms. The molecule has 0 bridgehead atoms. The molecule has 0 aromatic heterocycles. The number of nitrogens with zero attached hydrogens (tertiary/aromatic N) is 1. The Hall–Kier alpha value is -3.87. The average Bonchev–Trinajstić information content (AvgIpc) is 2.83. The van der Waals surface area contributed by atoms with E-state index in [4.69, 9.17) is 4.74 Å². The highest BCUT2D eigenvalue weighted by Gasteiger charge is 2.37. The van der Waals surface area contributed by atoms with Crippen molar-refractivity contribution in [1.29, 1.82) is 0 Å². The van der Waals surface area contributed by atoms with Gasteiger partial charge in [0.2, 0.25) is 5.91 Å². The van der Waals surface area contributed by atoms with Gasteiger partial charge in [-0.05, 0) is 47.9 Å². The Morgan fingerprint density at radius 2 is 1.65 bits per heavy atom. The first-order chi connectivity index (χ1) is 16.3. The Morgan fingerprint density at radius 3 is 2.32 bits per heavy atom. The molecule has 4 nitrogen and oxygen atoms in total. The molecular formula is C27H22F3NO3. The summed E-state index contributed by atoms with van der Waals surface area (Å²) in [5, 5.41) is 0. The molecule has 1 atom stereocenters. The Balaban J connectivity index is 1.68. The number of halogens is 3. The van der Waals surface area contributed by atoms with Crippen molar-refractivity contribution in [3.63, 3.8) is 0 Å². The SMILES string of the molecule is CC1=C(C(=O)OCc2ccccc2)C(c2ccc(F)cc2)CC(=O)N1Cc1ccc(F)c(F)c1. The second-order valence-electron chi connectivity index (χ2n) is 8.10. The van der Waals surface area contributed by atoms with Gasteiger partial charge in [0.15, 0.2) is 11.6 Å². The summed E-state index contributed by atoms with van der Waals surface area (Å²) in [7, 11) is 0. The minimum atomic E-state index is -1.02. The summed E-state index contributed by atoms with van der Waals surface area (Å²) in [4.78, 5) is 27.7. The zero-order valence-electron chi connectivity index (χ0n) is 18.4. The zero-order chi connectivity index (χ0) is 24.2. The van der Waals surface area contributed by atoms with Gasteiger partial charge in [-0.2, -0.15) is 0 Å². The van der Waals surface area contributed by atoms with Crippen molar-refractivity contribution in [2.45, 2.75) is 32.4 Å². The molecule has 1 aliphatic rings. The molecule has 3 aromatic carbocycles. The minimum Gasteiger partial charge on any atom is -0.457 e. The smallest absolute Gasteiger partial charge is 0.336 e. The summed E-state index contributed by atoms with van der Waals surface area (Å²) in [6.45, 7) is 1.63. The number of rotatable bonds is 6. The molecule has 34 heavy (non-hydrogen) atoms. The fourth-order valence-electron chi connectivity index (χ4n) is 4.07. The number of ether oxygens (including phenoxy) is 1. The molecule has 0 fully saturated rings. The van der Waals surface area contributed by atoms with Crippen LogP contribution in [-0.4, -0.2) is 16.8 Å². The number of carbonyl (C=O) groups excluding carboxylic acids is 2. The summed E-state index contributed by atoms with van der Waals surface area (Å²) >= 11 is 0. The van der Waals surface area contributed by atoms with Crippen molar-refractivity contribution < 1.29 is 27.5 Å². The lowest BCUT2D eigenvalue weighted by atomic mass is 9.83. The molecule has 0 N–H and O–H groups in total. The minimum absolute atomic E-state index is 0.0343. The van der Waals surface area contributed by atoms with E-state index in [2.05, 4.69) is 0 Å². The first-order valence-corrected chi connectivity index (χ1v) is 10.7. The van der Waals surface area contributed by atoms with Gasteiger partial charge in [-0.15, -0.1) is 0 Å². The summed E-state index contributed by atoms with van der Waals surface area (Å²) in [6.07, 6.45) is -0.0532. The lowest BCUT2D eigenvalue weighted by molar-refractivity contribution is -0.141. The van der Waals surface area contributed by atoms with E-state index in [-0.39, 0.29) is 31.1 Å². The van der Waals surface area contributed by atoms with Gasteiger partial charge in [-0.1, -0.05) is 48.5 Å². The molecule has 0 saturated heterocycles. The largest absolute Gasteiger partial charge is 0.457 e. The van der Waals surface area contributed by atoms with E-state index in [9.17, 15) is 22.8 Å². The molecule has 1 heterocycles. The molecular weight excluding hydrogens is 443 g/mol. The van der Waals surface area contributed by atoms with Gasteiger partial charge in [0.25, 0.3) is 0 Å². The van der Waals surface area contributed by atoms with E-state index >= 15 is 0 Å². The van der Waals surface area contributed by atoms with Crippen molar-refractivity contribution in [3.8, 4) is 0 Å². The van der Waals surface area contributed by atoms with Crippen molar-refractivity contribution in [2.75, 3.05) is 0 Å². The van der Waals surface area contributed by atoms with Gasteiger partial charge in [0.05, 0.1) is 12.1 Å². The molecule has 0 saturated carbocycles. The van der Waals surface area contributed by atoms with E-state index in [1.165, 1.54) is 35.2 Å². The van der Waals surface area contributed by atoms with Crippen LogP contribution in [0.15, 0.2) is 84.1 Å². The highest BCUT2D eigenvalue weighted by atomic mass is 19.2. The van der Waals surface area contributed by atoms with Crippen LogP contribution in [0.25, 0.3) is 0 Å². The van der Waals surface area contributed by atoms with Crippen LogP contribution < -0.4 is 0 Å². The van der Waals surface area contributed by atoms with E-state index in [1.54, 1.807) is 6.92 Å². The molecule has 4 rings (SSSR count). The van der Waals surface area contributed by atoms with Gasteiger partial charge >= 0.3 is 5.97 Å². The predicted octanol–water partition coefficient (Wildman–Crippen LogP) is 5.64. The average molecular weight is 465 g/mol. The third kappa shape index (κ3) is 5.03.